The summed E-state index contributed by atoms with van der Waals surface area (Å²) in [7, 11) is 1.60. The van der Waals surface area contributed by atoms with Crippen LogP contribution >= 0.6 is 0 Å². The molecule has 0 saturated heterocycles. The van der Waals surface area contributed by atoms with E-state index in [2.05, 4.69) is 26.1 Å². The maximum absolute atomic E-state index is 12.2. The molecule has 0 unspecified atom stereocenters. The lowest BCUT2D eigenvalue weighted by atomic mass is 9.87. The van der Waals surface area contributed by atoms with Gasteiger partial charge in [-0.25, -0.2) is 0 Å². The fourth-order valence-electron chi connectivity index (χ4n) is 2.18. The van der Waals surface area contributed by atoms with E-state index < -0.39 is 0 Å². The normalized spacial score (nSPS) is 11.5. The molecule has 0 aromatic heterocycles. The molecule has 23 heavy (non-hydrogen) atoms. The van der Waals surface area contributed by atoms with Gasteiger partial charge in [0.25, 0.3) is 0 Å². The molecule has 1 N–H and O–H groups in total. The van der Waals surface area contributed by atoms with Gasteiger partial charge in [-0.3, -0.25) is 4.79 Å². The van der Waals surface area contributed by atoms with Crippen LogP contribution in [0.5, 0.6) is 5.75 Å². The van der Waals surface area contributed by atoms with Gasteiger partial charge in [0, 0.05) is 6.08 Å². The summed E-state index contributed by atoms with van der Waals surface area (Å²) >= 11 is 0. The highest BCUT2D eigenvalue weighted by Crippen LogP contribution is 2.31. The number of amides is 1. The topological polar surface area (TPSA) is 38.3 Å². The van der Waals surface area contributed by atoms with Gasteiger partial charge in [0.15, 0.2) is 0 Å². The summed E-state index contributed by atoms with van der Waals surface area (Å²) in [6.45, 7) is 6.40. The van der Waals surface area contributed by atoms with Crippen LogP contribution in [-0.2, 0) is 10.2 Å². The molecule has 0 heterocycles. The highest BCUT2D eigenvalue weighted by Gasteiger charge is 2.16. The molecule has 3 nitrogen and oxygen atoms in total. The van der Waals surface area contributed by atoms with Crippen molar-refractivity contribution in [2.45, 2.75) is 26.2 Å². The molecular weight excluding hydrogens is 286 g/mol. The summed E-state index contributed by atoms with van der Waals surface area (Å²) in [5, 5.41) is 2.89. The highest BCUT2D eigenvalue weighted by molar-refractivity contribution is 6.02. The molecular formula is C20H23NO2. The number of carbonyl (C=O) groups excluding carboxylic acids is 1. The van der Waals surface area contributed by atoms with Crippen molar-refractivity contribution in [1.29, 1.82) is 0 Å². The predicted molar refractivity (Wildman–Crippen MR) is 95.8 cm³/mol. The van der Waals surface area contributed by atoms with Gasteiger partial charge in [-0.05, 0) is 34.8 Å². The van der Waals surface area contributed by atoms with E-state index in [1.807, 2.05) is 48.5 Å². The fraction of sp³-hybridized carbons (Fsp3) is 0.250. The van der Waals surface area contributed by atoms with Crippen molar-refractivity contribution in [2.75, 3.05) is 12.4 Å². The second-order valence-electron chi connectivity index (χ2n) is 6.40. The Labute approximate surface area is 138 Å². The molecule has 1 amide bonds. The first-order valence-electron chi connectivity index (χ1n) is 7.63. The molecule has 2 rings (SSSR count). The number of hydrogen-bond acceptors (Lipinski definition) is 2. The van der Waals surface area contributed by atoms with Crippen LogP contribution in [0.4, 0.5) is 5.69 Å². The van der Waals surface area contributed by atoms with Crippen LogP contribution in [0.1, 0.15) is 31.9 Å². The minimum absolute atomic E-state index is 0.00558. The molecule has 0 aliphatic carbocycles. The van der Waals surface area contributed by atoms with Crippen molar-refractivity contribution in [3.8, 4) is 5.75 Å². The molecule has 0 spiro atoms. The first-order valence-corrected chi connectivity index (χ1v) is 7.63. The van der Waals surface area contributed by atoms with Crippen LogP contribution in [0.2, 0.25) is 0 Å². The van der Waals surface area contributed by atoms with Crippen molar-refractivity contribution in [3.05, 3.63) is 65.7 Å². The zero-order valence-corrected chi connectivity index (χ0v) is 14.1. The number of hydrogen-bond donors (Lipinski definition) is 1. The van der Waals surface area contributed by atoms with Crippen LogP contribution in [0, 0.1) is 0 Å². The summed E-state index contributed by atoms with van der Waals surface area (Å²) in [5.41, 5.74) is 2.81. The lowest BCUT2D eigenvalue weighted by molar-refractivity contribution is -0.111. The minimum Gasteiger partial charge on any atom is -0.495 e. The molecule has 0 aliphatic rings. The molecule has 0 atom stereocenters. The van der Waals surface area contributed by atoms with Crippen molar-refractivity contribution in [2.24, 2.45) is 0 Å². The Morgan fingerprint density at radius 3 is 2.39 bits per heavy atom. The smallest absolute Gasteiger partial charge is 0.248 e. The third-order valence-electron chi connectivity index (χ3n) is 3.55. The summed E-state index contributed by atoms with van der Waals surface area (Å²) in [6, 6.07) is 15.6. The van der Waals surface area contributed by atoms with Gasteiger partial charge in [0.2, 0.25) is 5.91 Å². The predicted octanol–water partition coefficient (Wildman–Crippen LogP) is 4.64. The summed E-state index contributed by atoms with van der Waals surface area (Å²) in [4.78, 5) is 12.2. The first-order chi connectivity index (χ1) is 10.9. The van der Waals surface area contributed by atoms with Crippen molar-refractivity contribution in [1.82, 2.24) is 0 Å². The number of methoxy groups -OCH3 is 1. The minimum atomic E-state index is -0.182. The zero-order chi connectivity index (χ0) is 16.9. The lowest BCUT2D eigenvalue weighted by Crippen LogP contribution is -2.14. The Balaban J connectivity index is 2.18. The monoisotopic (exact) mass is 309 g/mol. The largest absolute Gasteiger partial charge is 0.495 e. The Hall–Kier alpha value is -2.55. The van der Waals surface area contributed by atoms with E-state index in [0.29, 0.717) is 11.4 Å². The molecule has 0 radical (unpaired) electrons. The highest BCUT2D eigenvalue weighted by atomic mass is 16.5. The van der Waals surface area contributed by atoms with Crippen molar-refractivity contribution in [3.63, 3.8) is 0 Å². The number of rotatable bonds is 4. The standard InChI is InChI=1S/C20H23NO2/c1-20(2,3)16-11-12-18(23-4)17(14-16)21-19(22)13-10-15-8-6-5-7-9-15/h5-14H,1-4H3,(H,21,22)/b13-10+. The van der Waals surface area contributed by atoms with E-state index in [0.717, 1.165) is 11.1 Å². The van der Waals surface area contributed by atoms with Crippen molar-refractivity contribution < 1.29 is 9.53 Å². The average Bonchev–Trinajstić information content (AvgIpc) is 2.53. The Bertz CT molecular complexity index is 697. The Morgan fingerprint density at radius 2 is 1.78 bits per heavy atom. The Morgan fingerprint density at radius 1 is 1.09 bits per heavy atom. The van der Waals surface area contributed by atoms with Gasteiger partial charge in [-0.15, -0.1) is 0 Å². The third-order valence-corrected chi connectivity index (χ3v) is 3.55. The first kappa shape index (κ1) is 16.8. The maximum Gasteiger partial charge on any atom is 0.248 e. The molecule has 0 saturated carbocycles. The maximum atomic E-state index is 12.2. The van der Waals surface area contributed by atoms with E-state index in [4.69, 9.17) is 4.74 Å². The third kappa shape index (κ3) is 4.71. The number of carbonyl (C=O) groups is 1. The fourth-order valence-corrected chi connectivity index (χ4v) is 2.18. The van der Waals surface area contributed by atoms with E-state index in [1.54, 1.807) is 13.2 Å². The molecule has 0 fully saturated rings. The van der Waals surface area contributed by atoms with Crippen molar-refractivity contribution >= 4 is 17.7 Å². The number of anilines is 1. The SMILES string of the molecule is COc1ccc(C(C)(C)C)cc1NC(=O)/C=C/c1ccccc1. The van der Waals surface area contributed by atoms with E-state index in [1.165, 1.54) is 6.08 Å². The van der Waals surface area contributed by atoms with Crippen LogP contribution < -0.4 is 10.1 Å². The van der Waals surface area contributed by atoms with Gasteiger partial charge >= 0.3 is 0 Å². The second kappa shape index (κ2) is 7.14. The molecule has 2 aromatic rings. The van der Waals surface area contributed by atoms with Crippen LogP contribution in [0.3, 0.4) is 0 Å². The number of benzene rings is 2. The average molecular weight is 309 g/mol. The summed E-state index contributed by atoms with van der Waals surface area (Å²) in [6.07, 6.45) is 3.31. The number of nitrogens with one attached hydrogen (secondary N) is 1. The summed E-state index contributed by atoms with van der Waals surface area (Å²) in [5.74, 6) is 0.470. The van der Waals surface area contributed by atoms with Gasteiger partial charge < -0.3 is 10.1 Å². The second-order valence-corrected chi connectivity index (χ2v) is 6.40. The van der Waals surface area contributed by atoms with Crippen LogP contribution in [0.15, 0.2) is 54.6 Å². The lowest BCUT2D eigenvalue weighted by Gasteiger charge is -2.21. The Kier molecular flexibility index (Phi) is 5.22. The van der Waals surface area contributed by atoms with E-state index in [-0.39, 0.29) is 11.3 Å². The van der Waals surface area contributed by atoms with E-state index >= 15 is 0 Å². The van der Waals surface area contributed by atoms with Gasteiger partial charge in [-0.1, -0.05) is 57.2 Å². The quantitative estimate of drug-likeness (QED) is 0.835. The van der Waals surface area contributed by atoms with Gasteiger partial charge in [0.1, 0.15) is 5.75 Å². The van der Waals surface area contributed by atoms with Gasteiger partial charge in [-0.2, -0.15) is 0 Å². The van der Waals surface area contributed by atoms with Gasteiger partial charge in [0.05, 0.1) is 12.8 Å². The number of ether oxygens (including phenoxy) is 1. The molecule has 3 heteroatoms. The van der Waals surface area contributed by atoms with Crippen LogP contribution in [0.25, 0.3) is 6.08 Å². The van der Waals surface area contributed by atoms with Crippen LogP contribution in [-0.4, -0.2) is 13.0 Å². The zero-order valence-electron chi connectivity index (χ0n) is 14.1. The molecule has 2 aromatic carbocycles. The molecule has 120 valence electrons. The van der Waals surface area contributed by atoms with E-state index in [9.17, 15) is 4.79 Å². The summed E-state index contributed by atoms with van der Waals surface area (Å²) < 4.78 is 5.34. The molecule has 0 bridgehead atoms. The molecule has 0 aliphatic heterocycles.